The third-order valence-electron chi connectivity index (χ3n) is 5.17. The Morgan fingerprint density at radius 1 is 1.25 bits per heavy atom. The first-order valence-electron chi connectivity index (χ1n) is 10.7. The van der Waals surface area contributed by atoms with E-state index in [9.17, 15) is 0 Å². The number of aryl methyl sites for hydroxylation is 1. The van der Waals surface area contributed by atoms with Gasteiger partial charge in [-0.3, -0.25) is 4.98 Å². The van der Waals surface area contributed by atoms with Gasteiger partial charge in [0.2, 0.25) is 0 Å². The highest BCUT2D eigenvalue weighted by Gasteiger charge is 2.22. The van der Waals surface area contributed by atoms with Crippen LogP contribution in [0.1, 0.15) is 30.6 Å². The maximum Gasteiger partial charge on any atom is 0.191 e. The normalized spacial score (nSPS) is 15.6. The van der Waals surface area contributed by atoms with Crippen molar-refractivity contribution in [1.82, 2.24) is 30.4 Å². The molecule has 9 heteroatoms. The molecule has 0 fully saturated rings. The molecular weight excluding hydrogens is 517 g/mol. The number of aromatic nitrogens is 4. The van der Waals surface area contributed by atoms with Gasteiger partial charge < -0.3 is 15.4 Å². The third kappa shape index (κ3) is 6.26. The minimum atomic E-state index is 0. The molecular formula is C23H30IN7O. The zero-order valence-corrected chi connectivity index (χ0v) is 20.8. The van der Waals surface area contributed by atoms with E-state index in [-0.39, 0.29) is 30.0 Å². The predicted molar refractivity (Wildman–Crippen MR) is 136 cm³/mol. The van der Waals surface area contributed by atoms with Crippen LogP contribution in [-0.4, -0.2) is 45.4 Å². The van der Waals surface area contributed by atoms with Crippen LogP contribution in [0.2, 0.25) is 0 Å². The lowest BCUT2D eigenvalue weighted by Gasteiger charge is -2.25. The molecule has 0 saturated heterocycles. The smallest absolute Gasteiger partial charge is 0.191 e. The number of ether oxygens (including phenoxy) is 1. The van der Waals surface area contributed by atoms with Crippen molar-refractivity contribution in [3.05, 3.63) is 65.9 Å². The molecule has 8 nitrogen and oxygen atoms in total. The van der Waals surface area contributed by atoms with Gasteiger partial charge in [0.1, 0.15) is 12.4 Å². The van der Waals surface area contributed by atoms with E-state index in [2.05, 4.69) is 56.9 Å². The van der Waals surface area contributed by atoms with Gasteiger partial charge in [-0.05, 0) is 37.1 Å². The average Bonchev–Trinajstić information content (AvgIpc) is 3.20. The van der Waals surface area contributed by atoms with E-state index < -0.39 is 0 Å². The quantitative estimate of drug-likeness (QED) is 0.269. The van der Waals surface area contributed by atoms with E-state index in [0.29, 0.717) is 13.2 Å². The number of hydrogen-bond donors (Lipinski definition) is 2. The number of hydrogen-bond acceptors (Lipinski definition) is 5. The molecule has 1 atom stereocenters. The number of pyridine rings is 1. The maximum atomic E-state index is 5.15. The number of rotatable bonds is 7. The van der Waals surface area contributed by atoms with E-state index in [1.807, 2.05) is 29.1 Å². The van der Waals surface area contributed by atoms with Gasteiger partial charge in [0.25, 0.3) is 0 Å². The summed E-state index contributed by atoms with van der Waals surface area (Å²) in [6.45, 7) is 4.69. The maximum absolute atomic E-state index is 5.15. The number of nitrogens with one attached hydrogen (secondary N) is 2. The van der Waals surface area contributed by atoms with Gasteiger partial charge in [0, 0.05) is 37.9 Å². The van der Waals surface area contributed by atoms with Crippen molar-refractivity contribution in [2.75, 3.05) is 13.7 Å². The van der Waals surface area contributed by atoms with Gasteiger partial charge in [-0.1, -0.05) is 24.3 Å². The fourth-order valence-corrected chi connectivity index (χ4v) is 3.71. The second kappa shape index (κ2) is 11.9. The van der Waals surface area contributed by atoms with Crippen molar-refractivity contribution in [1.29, 1.82) is 0 Å². The Hall–Kier alpha value is -2.53. The van der Waals surface area contributed by atoms with E-state index in [4.69, 9.17) is 9.73 Å². The number of aliphatic imine (C=N–C) groups is 1. The standard InChI is InChI=1S/C23H29N7O.HI/c1-3-24-23(27-19-10-11-22-28-21(16-31-2)29-30(22)15-19)26-14-17-7-6-8-18(13-17)20-9-4-5-12-25-20;/h4-9,12-13,19H,3,10-11,14-16H2,1-2H3,(H2,24,26,27);1H. The van der Waals surface area contributed by atoms with Crippen molar-refractivity contribution < 1.29 is 4.74 Å². The fraction of sp³-hybridized carbons (Fsp3) is 0.391. The summed E-state index contributed by atoms with van der Waals surface area (Å²) in [5.41, 5.74) is 3.22. The first-order valence-corrected chi connectivity index (χ1v) is 10.7. The van der Waals surface area contributed by atoms with Crippen molar-refractivity contribution in [2.24, 2.45) is 4.99 Å². The molecule has 0 saturated carbocycles. The first kappa shape index (κ1) is 24.1. The summed E-state index contributed by atoms with van der Waals surface area (Å²) in [5, 5.41) is 11.5. The van der Waals surface area contributed by atoms with Crippen LogP contribution < -0.4 is 10.6 Å². The van der Waals surface area contributed by atoms with Crippen LogP contribution in [0.4, 0.5) is 0 Å². The molecule has 0 amide bonds. The highest BCUT2D eigenvalue weighted by molar-refractivity contribution is 14.0. The van der Waals surface area contributed by atoms with Crippen molar-refractivity contribution in [2.45, 2.75) is 45.5 Å². The second-order valence-corrected chi connectivity index (χ2v) is 7.55. The van der Waals surface area contributed by atoms with Crippen LogP contribution in [0.15, 0.2) is 53.7 Å². The molecule has 0 aliphatic carbocycles. The number of nitrogens with zero attached hydrogens (tertiary/aromatic N) is 5. The van der Waals surface area contributed by atoms with Gasteiger partial charge in [0.15, 0.2) is 11.8 Å². The Labute approximate surface area is 205 Å². The Balaban J connectivity index is 0.00000289. The molecule has 32 heavy (non-hydrogen) atoms. The molecule has 2 N–H and O–H groups in total. The van der Waals surface area contributed by atoms with E-state index in [1.165, 1.54) is 0 Å². The molecule has 1 aromatic carbocycles. The zero-order chi connectivity index (χ0) is 21.5. The molecule has 1 aliphatic rings. The van der Waals surface area contributed by atoms with Gasteiger partial charge in [-0.15, -0.1) is 24.0 Å². The van der Waals surface area contributed by atoms with Gasteiger partial charge in [-0.25, -0.2) is 14.7 Å². The number of halogens is 1. The minimum absolute atomic E-state index is 0. The monoisotopic (exact) mass is 547 g/mol. The number of methoxy groups -OCH3 is 1. The minimum Gasteiger partial charge on any atom is -0.377 e. The van der Waals surface area contributed by atoms with Gasteiger partial charge in [0.05, 0.1) is 18.8 Å². The summed E-state index contributed by atoms with van der Waals surface area (Å²) in [7, 11) is 1.66. The Morgan fingerprint density at radius 2 is 2.16 bits per heavy atom. The summed E-state index contributed by atoms with van der Waals surface area (Å²) >= 11 is 0. The molecule has 2 aromatic heterocycles. The molecule has 0 bridgehead atoms. The fourth-order valence-electron chi connectivity index (χ4n) is 3.71. The average molecular weight is 547 g/mol. The van der Waals surface area contributed by atoms with Crippen LogP contribution in [0.3, 0.4) is 0 Å². The number of guanidine groups is 1. The number of fused-ring (bicyclic) bond motifs is 1. The largest absolute Gasteiger partial charge is 0.377 e. The predicted octanol–water partition coefficient (Wildman–Crippen LogP) is 3.17. The van der Waals surface area contributed by atoms with Crippen LogP contribution in [0.5, 0.6) is 0 Å². The Morgan fingerprint density at radius 3 is 2.94 bits per heavy atom. The first-order chi connectivity index (χ1) is 15.2. The van der Waals surface area contributed by atoms with Crippen LogP contribution in [0.25, 0.3) is 11.3 Å². The van der Waals surface area contributed by atoms with Crippen LogP contribution in [0, 0.1) is 0 Å². The molecule has 1 aliphatic heterocycles. The lowest BCUT2D eigenvalue weighted by Crippen LogP contribution is -2.47. The molecule has 170 valence electrons. The van der Waals surface area contributed by atoms with Crippen molar-refractivity contribution in [3.8, 4) is 11.3 Å². The molecule has 0 spiro atoms. The van der Waals surface area contributed by atoms with Gasteiger partial charge >= 0.3 is 0 Å². The Kier molecular flexibility index (Phi) is 8.98. The third-order valence-corrected chi connectivity index (χ3v) is 5.17. The van der Waals surface area contributed by atoms with E-state index >= 15 is 0 Å². The summed E-state index contributed by atoms with van der Waals surface area (Å²) in [6.07, 6.45) is 3.70. The summed E-state index contributed by atoms with van der Waals surface area (Å²) in [6, 6.07) is 14.6. The van der Waals surface area contributed by atoms with Crippen LogP contribution in [-0.2, 0) is 30.9 Å². The Bertz CT molecular complexity index is 1020. The summed E-state index contributed by atoms with van der Waals surface area (Å²) in [4.78, 5) is 13.8. The lowest BCUT2D eigenvalue weighted by atomic mass is 10.1. The topological polar surface area (TPSA) is 89.2 Å². The SMILES string of the molecule is CCNC(=NCc1cccc(-c2ccccn2)c1)NC1CCc2nc(COC)nn2C1.I. The molecule has 4 rings (SSSR count). The van der Waals surface area contributed by atoms with E-state index in [1.54, 1.807) is 7.11 Å². The van der Waals surface area contributed by atoms with Crippen molar-refractivity contribution >= 4 is 29.9 Å². The van der Waals surface area contributed by atoms with Crippen molar-refractivity contribution in [3.63, 3.8) is 0 Å². The number of benzene rings is 1. The molecule has 3 heterocycles. The van der Waals surface area contributed by atoms with E-state index in [0.717, 1.165) is 60.4 Å². The lowest BCUT2D eigenvalue weighted by molar-refractivity contribution is 0.177. The van der Waals surface area contributed by atoms with Crippen LogP contribution >= 0.6 is 24.0 Å². The molecule has 3 aromatic rings. The zero-order valence-electron chi connectivity index (χ0n) is 18.5. The summed E-state index contributed by atoms with van der Waals surface area (Å²) in [5.74, 6) is 2.58. The summed E-state index contributed by atoms with van der Waals surface area (Å²) < 4.78 is 7.13. The van der Waals surface area contributed by atoms with Gasteiger partial charge in [-0.2, -0.15) is 5.10 Å². The highest BCUT2D eigenvalue weighted by atomic mass is 127. The molecule has 1 unspecified atom stereocenters. The highest BCUT2D eigenvalue weighted by Crippen LogP contribution is 2.18. The molecule has 0 radical (unpaired) electrons. The second-order valence-electron chi connectivity index (χ2n) is 7.55.